The zero-order chi connectivity index (χ0) is 11.5. The van der Waals surface area contributed by atoms with E-state index in [0.717, 1.165) is 12.0 Å². The normalized spacial score (nSPS) is 25.3. The van der Waals surface area contributed by atoms with E-state index in [1.165, 1.54) is 0 Å². The first-order chi connectivity index (χ1) is 7.68. The van der Waals surface area contributed by atoms with Gasteiger partial charge in [0.15, 0.2) is 0 Å². The Balaban J connectivity index is 2.26. The molecule has 1 fully saturated rings. The molecule has 1 saturated heterocycles. The Kier molecular flexibility index (Phi) is 3.46. The highest BCUT2D eigenvalue weighted by Crippen LogP contribution is 2.34. The number of hydrogen-bond acceptors (Lipinski definition) is 2. The Morgan fingerprint density at radius 1 is 1.50 bits per heavy atom. The van der Waals surface area contributed by atoms with E-state index in [-0.39, 0.29) is 6.10 Å². The van der Waals surface area contributed by atoms with E-state index < -0.39 is 11.9 Å². The molecule has 0 bridgehead atoms. The standard InChI is InChI=1S/C12H13ClO3/c13-9-4-1-3-8(7-9)11-10(12(14)15)5-2-6-16-11/h1,3-4,7,10-11H,2,5-6H2,(H,14,15). The van der Waals surface area contributed by atoms with Crippen LogP contribution in [0.2, 0.25) is 5.02 Å². The molecule has 1 aliphatic rings. The molecule has 2 unspecified atom stereocenters. The maximum atomic E-state index is 11.1. The lowest BCUT2D eigenvalue weighted by molar-refractivity contribution is -0.151. The van der Waals surface area contributed by atoms with Gasteiger partial charge in [-0.3, -0.25) is 4.79 Å². The second-order valence-electron chi connectivity index (χ2n) is 3.93. The Bertz CT molecular complexity index is 392. The van der Waals surface area contributed by atoms with Gasteiger partial charge in [-0.05, 0) is 30.5 Å². The van der Waals surface area contributed by atoms with Crippen molar-refractivity contribution in [3.05, 3.63) is 34.9 Å². The van der Waals surface area contributed by atoms with Gasteiger partial charge in [0, 0.05) is 11.6 Å². The minimum atomic E-state index is -0.801. The summed E-state index contributed by atoms with van der Waals surface area (Å²) in [4.78, 5) is 11.1. The van der Waals surface area contributed by atoms with Gasteiger partial charge in [-0.2, -0.15) is 0 Å². The van der Waals surface area contributed by atoms with Crippen molar-refractivity contribution < 1.29 is 14.6 Å². The molecular formula is C12H13ClO3. The fraction of sp³-hybridized carbons (Fsp3) is 0.417. The van der Waals surface area contributed by atoms with E-state index in [2.05, 4.69) is 0 Å². The van der Waals surface area contributed by atoms with Crippen molar-refractivity contribution in [2.75, 3.05) is 6.61 Å². The fourth-order valence-electron chi connectivity index (χ4n) is 2.05. The SMILES string of the molecule is O=C(O)C1CCCOC1c1cccc(Cl)c1. The molecule has 1 heterocycles. The predicted molar refractivity (Wildman–Crippen MR) is 60.5 cm³/mol. The zero-order valence-electron chi connectivity index (χ0n) is 8.73. The largest absolute Gasteiger partial charge is 0.481 e. The number of hydrogen-bond donors (Lipinski definition) is 1. The summed E-state index contributed by atoms with van der Waals surface area (Å²) >= 11 is 5.89. The molecule has 16 heavy (non-hydrogen) atoms. The molecule has 3 nitrogen and oxygen atoms in total. The van der Waals surface area contributed by atoms with Crippen LogP contribution in [0.15, 0.2) is 24.3 Å². The first-order valence-electron chi connectivity index (χ1n) is 5.28. The monoisotopic (exact) mass is 240 g/mol. The van der Waals surface area contributed by atoms with E-state index in [9.17, 15) is 4.79 Å². The van der Waals surface area contributed by atoms with Crippen LogP contribution in [0.25, 0.3) is 0 Å². The van der Waals surface area contributed by atoms with E-state index in [4.69, 9.17) is 21.4 Å². The van der Waals surface area contributed by atoms with Crippen LogP contribution in [0.1, 0.15) is 24.5 Å². The van der Waals surface area contributed by atoms with Gasteiger partial charge in [-0.25, -0.2) is 0 Å². The molecule has 1 aromatic rings. The molecule has 4 heteroatoms. The highest BCUT2D eigenvalue weighted by Gasteiger charge is 2.32. The van der Waals surface area contributed by atoms with Crippen LogP contribution in [0, 0.1) is 5.92 Å². The van der Waals surface area contributed by atoms with Gasteiger partial charge in [0.25, 0.3) is 0 Å². The van der Waals surface area contributed by atoms with E-state index in [1.807, 2.05) is 12.1 Å². The maximum Gasteiger partial charge on any atom is 0.309 e. The smallest absolute Gasteiger partial charge is 0.309 e. The predicted octanol–water partition coefficient (Wildman–Crippen LogP) is 2.89. The van der Waals surface area contributed by atoms with Gasteiger partial charge in [-0.15, -0.1) is 0 Å². The van der Waals surface area contributed by atoms with Crippen LogP contribution in [0.5, 0.6) is 0 Å². The maximum absolute atomic E-state index is 11.1. The van der Waals surface area contributed by atoms with Crippen LogP contribution in [0.3, 0.4) is 0 Å². The highest BCUT2D eigenvalue weighted by atomic mass is 35.5. The topological polar surface area (TPSA) is 46.5 Å². The summed E-state index contributed by atoms with van der Waals surface area (Å²) in [5, 5.41) is 9.73. The molecule has 2 rings (SSSR count). The Labute approximate surface area is 99.0 Å². The minimum Gasteiger partial charge on any atom is -0.481 e. The Hall–Kier alpha value is -1.06. The molecular weight excluding hydrogens is 228 g/mol. The Morgan fingerprint density at radius 3 is 3.00 bits per heavy atom. The van der Waals surface area contributed by atoms with Crippen molar-refractivity contribution in [1.29, 1.82) is 0 Å². The first kappa shape index (κ1) is 11.4. The lowest BCUT2D eigenvalue weighted by Gasteiger charge is -2.29. The van der Waals surface area contributed by atoms with Gasteiger partial charge in [0.05, 0.1) is 12.0 Å². The Morgan fingerprint density at radius 2 is 2.31 bits per heavy atom. The molecule has 0 aliphatic carbocycles. The van der Waals surface area contributed by atoms with Crippen LogP contribution in [-0.4, -0.2) is 17.7 Å². The van der Waals surface area contributed by atoms with Crippen LogP contribution < -0.4 is 0 Å². The summed E-state index contributed by atoms with van der Waals surface area (Å²) in [5.74, 6) is -1.27. The summed E-state index contributed by atoms with van der Waals surface area (Å²) < 4.78 is 5.55. The molecule has 1 aromatic carbocycles. The molecule has 0 radical (unpaired) electrons. The van der Waals surface area contributed by atoms with Crippen LogP contribution in [0.4, 0.5) is 0 Å². The van der Waals surface area contributed by atoms with Gasteiger partial charge in [0.2, 0.25) is 0 Å². The molecule has 2 atom stereocenters. The zero-order valence-corrected chi connectivity index (χ0v) is 9.48. The third-order valence-corrected chi connectivity index (χ3v) is 3.05. The number of rotatable bonds is 2. The van der Waals surface area contributed by atoms with Gasteiger partial charge in [-0.1, -0.05) is 23.7 Å². The minimum absolute atomic E-state index is 0.370. The molecule has 0 spiro atoms. The number of carbonyl (C=O) groups is 1. The van der Waals surface area contributed by atoms with Crippen molar-refractivity contribution in [3.63, 3.8) is 0 Å². The number of aliphatic carboxylic acids is 1. The summed E-state index contributed by atoms with van der Waals surface area (Å²) in [5.41, 5.74) is 0.847. The number of carboxylic acids is 1. The second kappa shape index (κ2) is 4.85. The van der Waals surface area contributed by atoms with E-state index in [0.29, 0.717) is 18.1 Å². The summed E-state index contributed by atoms with van der Waals surface area (Å²) in [7, 11) is 0. The fourth-order valence-corrected chi connectivity index (χ4v) is 2.24. The van der Waals surface area contributed by atoms with Gasteiger partial charge >= 0.3 is 5.97 Å². The van der Waals surface area contributed by atoms with Crippen molar-refractivity contribution in [3.8, 4) is 0 Å². The van der Waals surface area contributed by atoms with Gasteiger partial charge in [0.1, 0.15) is 0 Å². The third-order valence-electron chi connectivity index (χ3n) is 2.82. The molecule has 86 valence electrons. The highest BCUT2D eigenvalue weighted by molar-refractivity contribution is 6.30. The molecule has 0 saturated carbocycles. The lowest BCUT2D eigenvalue weighted by Crippen LogP contribution is -2.28. The number of ether oxygens (including phenoxy) is 1. The average Bonchev–Trinajstić information content (AvgIpc) is 2.29. The van der Waals surface area contributed by atoms with Crippen molar-refractivity contribution in [2.24, 2.45) is 5.92 Å². The number of carboxylic acid groups (broad SMARTS) is 1. The molecule has 1 N–H and O–H groups in total. The molecule has 1 aliphatic heterocycles. The second-order valence-corrected chi connectivity index (χ2v) is 4.37. The van der Waals surface area contributed by atoms with Crippen molar-refractivity contribution >= 4 is 17.6 Å². The van der Waals surface area contributed by atoms with E-state index in [1.54, 1.807) is 12.1 Å². The van der Waals surface area contributed by atoms with Crippen molar-refractivity contribution in [1.82, 2.24) is 0 Å². The van der Waals surface area contributed by atoms with Gasteiger partial charge < -0.3 is 9.84 Å². The van der Waals surface area contributed by atoms with E-state index >= 15 is 0 Å². The number of halogens is 1. The third kappa shape index (κ3) is 2.36. The summed E-state index contributed by atoms with van der Waals surface area (Å²) in [6, 6.07) is 7.21. The summed E-state index contributed by atoms with van der Waals surface area (Å²) in [6.45, 7) is 0.612. The number of benzene rings is 1. The van der Waals surface area contributed by atoms with Crippen molar-refractivity contribution in [2.45, 2.75) is 18.9 Å². The van der Waals surface area contributed by atoms with Crippen LogP contribution in [-0.2, 0) is 9.53 Å². The average molecular weight is 241 g/mol. The first-order valence-corrected chi connectivity index (χ1v) is 5.66. The molecule has 0 amide bonds. The summed E-state index contributed by atoms with van der Waals surface area (Å²) in [6.07, 6.45) is 1.09. The molecule has 0 aromatic heterocycles. The quantitative estimate of drug-likeness (QED) is 0.865. The lowest BCUT2D eigenvalue weighted by atomic mass is 9.90. The van der Waals surface area contributed by atoms with Crippen LogP contribution >= 0.6 is 11.6 Å².